The lowest BCUT2D eigenvalue weighted by molar-refractivity contribution is -0.140. The topological polar surface area (TPSA) is 94.5 Å². The molecule has 1 fully saturated rings. The summed E-state index contributed by atoms with van der Waals surface area (Å²) in [5, 5.41) is 11.5. The molecular weight excluding hydrogens is 486 g/mol. The summed E-state index contributed by atoms with van der Waals surface area (Å²) in [6.45, 7) is 2.14. The molecule has 5 rings (SSSR count). The van der Waals surface area contributed by atoms with Crippen LogP contribution in [0.4, 0.5) is 0 Å². The van der Waals surface area contributed by atoms with Crippen molar-refractivity contribution in [3.05, 3.63) is 88.5 Å². The highest BCUT2D eigenvalue weighted by molar-refractivity contribution is 6.46. The number of ketones is 1. The Morgan fingerprint density at radius 3 is 2.29 bits per heavy atom. The number of rotatable bonds is 7. The zero-order chi connectivity index (χ0) is 27.0. The van der Waals surface area contributed by atoms with E-state index < -0.39 is 17.7 Å². The average Bonchev–Trinajstić information content (AvgIpc) is 3.43. The number of aliphatic hydroxyl groups is 1. The molecule has 8 heteroatoms. The van der Waals surface area contributed by atoms with Crippen molar-refractivity contribution in [3.63, 3.8) is 0 Å². The minimum Gasteiger partial charge on any atom is -0.507 e. The third kappa shape index (κ3) is 4.32. The van der Waals surface area contributed by atoms with Crippen LogP contribution in [0.25, 0.3) is 5.76 Å². The minimum absolute atomic E-state index is 0.00730. The summed E-state index contributed by atoms with van der Waals surface area (Å²) in [5.74, 6) is 0.160. The second-order valence-electron chi connectivity index (χ2n) is 9.33. The van der Waals surface area contributed by atoms with Crippen LogP contribution in [0.15, 0.2) is 66.2 Å². The number of Topliss-reactive ketones (excluding diaryl/α,β-unsaturated/α-hetero) is 1. The Hall–Kier alpha value is -4.46. The van der Waals surface area contributed by atoms with Crippen molar-refractivity contribution >= 4 is 17.4 Å². The fourth-order valence-corrected chi connectivity index (χ4v) is 5.15. The molecule has 2 heterocycles. The number of ether oxygens (including phenoxy) is 4. The third-order valence-corrected chi connectivity index (χ3v) is 6.91. The van der Waals surface area contributed by atoms with Gasteiger partial charge >= 0.3 is 0 Å². The molecule has 0 aromatic heterocycles. The Bertz CT molecular complexity index is 1400. The van der Waals surface area contributed by atoms with Crippen molar-refractivity contribution in [3.8, 4) is 23.0 Å². The maximum Gasteiger partial charge on any atom is 0.295 e. The largest absolute Gasteiger partial charge is 0.507 e. The smallest absolute Gasteiger partial charge is 0.295 e. The zero-order valence-electron chi connectivity index (χ0n) is 21.7. The van der Waals surface area contributed by atoms with Crippen LogP contribution in [0.1, 0.15) is 35.2 Å². The summed E-state index contributed by atoms with van der Waals surface area (Å²) in [4.78, 5) is 28.4. The van der Waals surface area contributed by atoms with Crippen molar-refractivity contribution in [1.29, 1.82) is 0 Å². The summed E-state index contributed by atoms with van der Waals surface area (Å²) in [5.41, 5.74) is 2.75. The van der Waals surface area contributed by atoms with E-state index >= 15 is 0 Å². The number of amides is 1. The van der Waals surface area contributed by atoms with Crippen molar-refractivity contribution < 1.29 is 33.6 Å². The van der Waals surface area contributed by atoms with Gasteiger partial charge in [-0.2, -0.15) is 0 Å². The Kier molecular flexibility index (Phi) is 6.72. The normalized spacial score (nSPS) is 19.7. The fourth-order valence-electron chi connectivity index (χ4n) is 5.15. The molecule has 1 N–H and O–H groups in total. The predicted molar refractivity (Wildman–Crippen MR) is 141 cm³/mol. The molecule has 0 saturated carbocycles. The molecule has 1 saturated heterocycles. The van der Waals surface area contributed by atoms with Crippen molar-refractivity contribution in [2.75, 3.05) is 21.3 Å². The highest BCUT2D eigenvalue weighted by Crippen LogP contribution is 2.46. The first-order chi connectivity index (χ1) is 18.4. The molecule has 0 bridgehead atoms. The number of hydrogen-bond acceptors (Lipinski definition) is 7. The van der Waals surface area contributed by atoms with E-state index in [4.69, 9.17) is 18.9 Å². The van der Waals surface area contributed by atoms with Crippen LogP contribution in [0.2, 0.25) is 0 Å². The Labute approximate surface area is 221 Å². The number of aliphatic hydroxyl groups excluding tert-OH is 1. The highest BCUT2D eigenvalue weighted by atomic mass is 16.5. The number of fused-ring (bicyclic) bond motifs is 1. The molecule has 3 aromatic carbocycles. The molecular formula is C30H29NO7. The van der Waals surface area contributed by atoms with Crippen LogP contribution in [0.5, 0.6) is 23.0 Å². The molecule has 3 aromatic rings. The first kappa shape index (κ1) is 25.2. The van der Waals surface area contributed by atoms with Gasteiger partial charge in [0.25, 0.3) is 11.7 Å². The quantitative estimate of drug-likeness (QED) is 0.278. The standard InChI is InChI=1S/C30H29NO7/c1-17-12-20-13-19(10-11-22(20)38-17)27(32)25-26(21-14-23(35-2)29(37-4)24(15-21)36-3)31(30(34)28(25)33)16-18-8-6-5-7-9-18/h5-11,13-15,17,26,32H,12,16H2,1-4H3/b27-25+/t17-,26+/m1/s1. The first-order valence-electron chi connectivity index (χ1n) is 12.3. The highest BCUT2D eigenvalue weighted by Gasteiger charge is 2.46. The summed E-state index contributed by atoms with van der Waals surface area (Å²) in [6.07, 6.45) is 0.716. The van der Waals surface area contributed by atoms with Crippen LogP contribution in [-0.4, -0.2) is 49.1 Å². The zero-order valence-corrected chi connectivity index (χ0v) is 21.7. The van der Waals surface area contributed by atoms with Gasteiger partial charge in [-0.1, -0.05) is 30.3 Å². The lowest BCUT2D eigenvalue weighted by Crippen LogP contribution is -2.29. The fraction of sp³-hybridized carbons (Fsp3) is 0.267. The van der Waals surface area contributed by atoms with Crippen molar-refractivity contribution in [2.45, 2.75) is 32.0 Å². The summed E-state index contributed by atoms with van der Waals surface area (Å²) < 4.78 is 22.3. The maximum absolute atomic E-state index is 13.5. The third-order valence-electron chi connectivity index (χ3n) is 6.91. The van der Waals surface area contributed by atoms with E-state index in [0.717, 1.165) is 16.9 Å². The van der Waals surface area contributed by atoms with E-state index in [1.165, 1.54) is 26.2 Å². The lowest BCUT2D eigenvalue weighted by atomic mass is 9.93. The van der Waals surface area contributed by atoms with Gasteiger partial charge in [0.2, 0.25) is 5.75 Å². The first-order valence-corrected chi connectivity index (χ1v) is 12.3. The van der Waals surface area contributed by atoms with Gasteiger partial charge in [0.1, 0.15) is 17.6 Å². The van der Waals surface area contributed by atoms with Crippen LogP contribution in [0.3, 0.4) is 0 Å². The molecule has 196 valence electrons. The SMILES string of the molecule is COc1cc([C@H]2/C(=C(\O)c3ccc4c(c3)C[C@@H](C)O4)C(=O)C(=O)N2Cc2ccccc2)cc(OC)c1OC. The summed E-state index contributed by atoms with van der Waals surface area (Å²) in [7, 11) is 4.49. The predicted octanol–water partition coefficient (Wildman–Crippen LogP) is 4.66. The molecule has 2 aliphatic rings. The Morgan fingerprint density at radius 1 is 0.974 bits per heavy atom. The molecule has 1 amide bonds. The van der Waals surface area contributed by atoms with E-state index in [2.05, 4.69) is 0 Å². The second kappa shape index (κ2) is 10.1. The van der Waals surface area contributed by atoms with E-state index in [1.54, 1.807) is 24.3 Å². The van der Waals surface area contributed by atoms with E-state index in [9.17, 15) is 14.7 Å². The molecule has 2 aliphatic heterocycles. The molecule has 0 spiro atoms. The van der Waals surface area contributed by atoms with Crippen LogP contribution < -0.4 is 18.9 Å². The van der Waals surface area contributed by atoms with Crippen molar-refractivity contribution in [2.24, 2.45) is 0 Å². The number of methoxy groups -OCH3 is 3. The summed E-state index contributed by atoms with van der Waals surface area (Å²) >= 11 is 0. The molecule has 8 nitrogen and oxygen atoms in total. The maximum atomic E-state index is 13.5. The number of nitrogens with zero attached hydrogens (tertiary/aromatic N) is 1. The van der Waals surface area contributed by atoms with Crippen LogP contribution in [-0.2, 0) is 22.6 Å². The van der Waals surface area contributed by atoms with E-state index in [-0.39, 0.29) is 24.0 Å². The molecule has 0 radical (unpaired) electrons. The van der Waals surface area contributed by atoms with Gasteiger partial charge in [-0.15, -0.1) is 0 Å². The number of carbonyl (C=O) groups excluding carboxylic acids is 2. The van der Waals surface area contributed by atoms with E-state index in [0.29, 0.717) is 34.8 Å². The van der Waals surface area contributed by atoms with Crippen molar-refractivity contribution in [1.82, 2.24) is 4.90 Å². The van der Waals surface area contributed by atoms with Gasteiger partial charge < -0.3 is 29.0 Å². The molecule has 0 aliphatic carbocycles. The number of benzene rings is 3. The minimum atomic E-state index is -0.896. The van der Waals surface area contributed by atoms with Gasteiger partial charge in [-0.3, -0.25) is 9.59 Å². The van der Waals surface area contributed by atoms with Crippen LogP contribution >= 0.6 is 0 Å². The number of carbonyl (C=O) groups is 2. The van der Waals surface area contributed by atoms with Crippen LogP contribution in [0, 0.1) is 0 Å². The van der Waals surface area contributed by atoms with Gasteiger partial charge in [0.05, 0.1) is 32.9 Å². The van der Waals surface area contributed by atoms with Gasteiger partial charge in [-0.25, -0.2) is 0 Å². The van der Waals surface area contributed by atoms with Gasteiger partial charge in [-0.05, 0) is 53.9 Å². The van der Waals surface area contributed by atoms with Gasteiger partial charge in [0.15, 0.2) is 11.5 Å². The Balaban J connectivity index is 1.69. The molecule has 0 unspecified atom stereocenters. The Morgan fingerprint density at radius 2 is 1.66 bits per heavy atom. The van der Waals surface area contributed by atoms with E-state index in [1.807, 2.05) is 43.3 Å². The lowest BCUT2D eigenvalue weighted by Gasteiger charge is -2.26. The second-order valence-corrected chi connectivity index (χ2v) is 9.33. The van der Waals surface area contributed by atoms with Gasteiger partial charge in [0, 0.05) is 18.5 Å². The summed E-state index contributed by atoms with van der Waals surface area (Å²) in [6, 6.07) is 17.2. The molecule has 38 heavy (non-hydrogen) atoms. The number of likely N-dealkylation sites (tertiary alicyclic amines) is 1. The monoisotopic (exact) mass is 515 g/mol. The number of hydrogen-bond donors (Lipinski definition) is 1. The average molecular weight is 516 g/mol. The molecule has 2 atom stereocenters.